The number of anilines is 1. The van der Waals surface area contributed by atoms with E-state index in [1.165, 1.54) is 5.56 Å². The van der Waals surface area contributed by atoms with Crippen LogP contribution in [0.5, 0.6) is 17.5 Å². The van der Waals surface area contributed by atoms with Crippen LogP contribution in [0.4, 0.5) is 5.82 Å². The van der Waals surface area contributed by atoms with Gasteiger partial charge in [-0.25, -0.2) is 4.98 Å². The number of aryl methyl sites for hydroxylation is 1. The van der Waals surface area contributed by atoms with Gasteiger partial charge >= 0.3 is 6.01 Å². The van der Waals surface area contributed by atoms with Crippen LogP contribution in [0.25, 0.3) is 0 Å². The number of hydrogen-bond donors (Lipinski definition) is 1. The number of rotatable bonds is 4. The van der Waals surface area contributed by atoms with Gasteiger partial charge in [-0.3, -0.25) is 0 Å². The number of hydrogen-bond acceptors (Lipinski definition) is 5. The predicted molar refractivity (Wildman–Crippen MR) is 68.9 cm³/mol. The summed E-state index contributed by atoms with van der Waals surface area (Å²) in [6.45, 7) is 2.08. The van der Waals surface area contributed by atoms with Gasteiger partial charge in [-0.15, -0.1) is 0 Å². The van der Waals surface area contributed by atoms with Gasteiger partial charge < -0.3 is 15.2 Å². The van der Waals surface area contributed by atoms with E-state index in [1.807, 2.05) is 18.2 Å². The molecule has 0 aliphatic heterocycles. The molecule has 0 radical (unpaired) electrons. The molecule has 0 spiro atoms. The largest absolute Gasteiger partial charge is 0.493 e. The van der Waals surface area contributed by atoms with E-state index in [9.17, 15) is 0 Å². The van der Waals surface area contributed by atoms with E-state index in [1.54, 1.807) is 19.4 Å². The van der Waals surface area contributed by atoms with Crippen LogP contribution in [0.15, 0.2) is 30.5 Å². The van der Waals surface area contributed by atoms with E-state index in [-0.39, 0.29) is 6.01 Å². The third-order valence-corrected chi connectivity index (χ3v) is 2.49. The lowest BCUT2D eigenvalue weighted by atomic mass is 10.1. The first-order valence-electron chi connectivity index (χ1n) is 5.66. The molecule has 0 unspecified atom stereocenters. The van der Waals surface area contributed by atoms with Gasteiger partial charge in [-0.05, 0) is 30.2 Å². The van der Waals surface area contributed by atoms with Crippen molar-refractivity contribution < 1.29 is 9.47 Å². The molecule has 1 heterocycles. The maximum absolute atomic E-state index is 5.57. The average molecular weight is 245 g/mol. The molecule has 2 rings (SSSR count). The molecule has 5 nitrogen and oxygen atoms in total. The van der Waals surface area contributed by atoms with Gasteiger partial charge in [0.25, 0.3) is 0 Å². The highest BCUT2D eigenvalue weighted by Gasteiger charge is 2.08. The van der Waals surface area contributed by atoms with E-state index in [0.29, 0.717) is 17.3 Å². The number of aromatic nitrogens is 2. The minimum absolute atomic E-state index is 0.206. The third kappa shape index (κ3) is 2.68. The highest BCUT2D eigenvalue weighted by atomic mass is 16.5. The minimum atomic E-state index is 0.206. The second-order valence-corrected chi connectivity index (χ2v) is 3.70. The summed E-state index contributed by atoms with van der Waals surface area (Å²) < 4.78 is 10.8. The van der Waals surface area contributed by atoms with Crippen LogP contribution >= 0.6 is 0 Å². The van der Waals surface area contributed by atoms with Crippen molar-refractivity contribution in [3.63, 3.8) is 0 Å². The third-order valence-electron chi connectivity index (χ3n) is 2.49. The monoisotopic (exact) mass is 245 g/mol. The van der Waals surface area contributed by atoms with Crippen molar-refractivity contribution in [3.8, 4) is 17.5 Å². The van der Waals surface area contributed by atoms with Crippen molar-refractivity contribution in [2.45, 2.75) is 13.3 Å². The molecule has 2 N–H and O–H groups in total. The van der Waals surface area contributed by atoms with Gasteiger partial charge in [-0.1, -0.05) is 13.0 Å². The van der Waals surface area contributed by atoms with E-state index in [4.69, 9.17) is 15.2 Å². The number of nitrogens with zero attached hydrogens (tertiary/aromatic N) is 2. The Labute approximate surface area is 106 Å². The van der Waals surface area contributed by atoms with Crippen molar-refractivity contribution in [2.24, 2.45) is 0 Å². The molecular formula is C13H15N3O2. The SMILES string of the molecule is CCc1ccc(Oc2nccc(N)n2)c(OC)c1. The Balaban J connectivity index is 2.28. The summed E-state index contributed by atoms with van der Waals surface area (Å²) in [5.41, 5.74) is 6.74. The topological polar surface area (TPSA) is 70.3 Å². The number of benzene rings is 1. The molecule has 94 valence electrons. The van der Waals surface area contributed by atoms with Gasteiger partial charge in [0.15, 0.2) is 11.5 Å². The average Bonchev–Trinajstić information content (AvgIpc) is 2.39. The fourth-order valence-electron chi connectivity index (χ4n) is 1.52. The van der Waals surface area contributed by atoms with Gasteiger partial charge in [0.1, 0.15) is 5.82 Å². The molecule has 0 saturated heterocycles. The highest BCUT2D eigenvalue weighted by molar-refractivity contribution is 5.44. The molecule has 0 atom stereocenters. The lowest BCUT2D eigenvalue weighted by Crippen LogP contribution is -1.97. The van der Waals surface area contributed by atoms with Crippen molar-refractivity contribution in [1.29, 1.82) is 0 Å². The Kier molecular flexibility index (Phi) is 3.62. The number of nitrogen functional groups attached to an aromatic ring is 1. The molecule has 0 aliphatic rings. The molecular weight excluding hydrogens is 230 g/mol. The number of ether oxygens (including phenoxy) is 2. The summed E-state index contributed by atoms with van der Waals surface area (Å²) in [7, 11) is 1.60. The van der Waals surface area contributed by atoms with Crippen LogP contribution in [0.3, 0.4) is 0 Å². The molecule has 0 aliphatic carbocycles. The molecule has 1 aromatic carbocycles. The summed E-state index contributed by atoms with van der Waals surface area (Å²) in [4.78, 5) is 7.96. The Morgan fingerprint density at radius 2 is 2.06 bits per heavy atom. The van der Waals surface area contributed by atoms with Crippen molar-refractivity contribution in [2.75, 3.05) is 12.8 Å². The van der Waals surface area contributed by atoms with E-state index >= 15 is 0 Å². The lowest BCUT2D eigenvalue weighted by molar-refractivity contribution is 0.368. The van der Waals surface area contributed by atoms with Crippen LogP contribution in [0.2, 0.25) is 0 Å². The molecule has 5 heteroatoms. The Morgan fingerprint density at radius 3 is 2.72 bits per heavy atom. The van der Waals surface area contributed by atoms with Crippen LogP contribution in [0.1, 0.15) is 12.5 Å². The minimum Gasteiger partial charge on any atom is -0.493 e. The van der Waals surface area contributed by atoms with Crippen molar-refractivity contribution in [3.05, 3.63) is 36.0 Å². The Morgan fingerprint density at radius 1 is 1.22 bits per heavy atom. The highest BCUT2D eigenvalue weighted by Crippen LogP contribution is 2.31. The quantitative estimate of drug-likeness (QED) is 0.895. The second kappa shape index (κ2) is 5.35. The molecule has 0 amide bonds. The van der Waals surface area contributed by atoms with E-state index in [2.05, 4.69) is 16.9 Å². The zero-order chi connectivity index (χ0) is 13.0. The maximum atomic E-state index is 5.57. The number of nitrogens with two attached hydrogens (primary N) is 1. The molecule has 2 aromatic rings. The molecule has 18 heavy (non-hydrogen) atoms. The summed E-state index contributed by atoms with van der Waals surface area (Å²) in [5, 5.41) is 0. The normalized spacial score (nSPS) is 10.1. The Hall–Kier alpha value is -2.30. The fourth-order valence-corrected chi connectivity index (χ4v) is 1.52. The van der Waals surface area contributed by atoms with Crippen molar-refractivity contribution in [1.82, 2.24) is 9.97 Å². The van der Waals surface area contributed by atoms with E-state index < -0.39 is 0 Å². The smallest absolute Gasteiger partial charge is 0.324 e. The first-order valence-corrected chi connectivity index (χ1v) is 5.66. The molecule has 0 fully saturated rings. The molecule has 0 bridgehead atoms. The fraction of sp³-hybridized carbons (Fsp3) is 0.231. The van der Waals surface area contributed by atoms with Crippen LogP contribution < -0.4 is 15.2 Å². The van der Waals surface area contributed by atoms with Crippen LogP contribution in [-0.2, 0) is 6.42 Å². The van der Waals surface area contributed by atoms with Crippen LogP contribution in [0, 0.1) is 0 Å². The van der Waals surface area contributed by atoms with E-state index in [0.717, 1.165) is 6.42 Å². The lowest BCUT2D eigenvalue weighted by Gasteiger charge is -2.10. The first kappa shape index (κ1) is 12.2. The summed E-state index contributed by atoms with van der Waals surface area (Å²) in [5.74, 6) is 1.59. The summed E-state index contributed by atoms with van der Waals surface area (Å²) in [6.07, 6.45) is 2.48. The second-order valence-electron chi connectivity index (χ2n) is 3.70. The van der Waals surface area contributed by atoms with Gasteiger partial charge in [0.05, 0.1) is 7.11 Å². The van der Waals surface area contributed by atoms with Gasteiger partial charge in [-0.2, -0.15) is 4.98 Å². The van der Waals surface area contributed by atoms with Gasteiger partial charge in [0, 0.05) is 6.20 Å². The summed E-state index contributed by atoms with van der Waals surface area (Å²) >= 11 is 0. The maximum Gasteiger partial charge on any atom is 0.324 e. The molecule has 0 saturated carbocycles. The first-order chi connectivity index (χ1) is 8.72. The molecule has 1 aromatic heterocycles. The predicted octanol–water partition coefficient (Wildman–Crippen LogP) is 2.42. The standard InChI is InChI=1S/C13H15N3O2/c1-3-9-4-5-10(11(8-9)17-2)18-13-15-7-6-12(14)16-13/h4-8H,3H2,1-2H3,(H2,14,15,16). The van der Waals surface area contributed by atoms with Gasteiger partial charge in [0.2, 0.25) is 0 Å². The zero-order valence-electron chi connectivity index (χ0n) is 10.4. The zero-order valence-corrected chi connectivity index (χ0v) is 10.4. The van der Waals surface area contributed by atoms with Crippen molar-refractivity contribution >= 4 is 5.82 Å². The number of methoxy groups -OCH3 is 1. The summed E-state index contributed by atoms with van der Waals surface area (Å²) in [6, 6.07) is 7.55. The Bertz CT molecular complexity index is 544. The van der Waals surface area contributed by atoms with Crippen LogP contribution in [-0.4, -0.2) is 17.1 Å².